The molecule has 1 heterocycles. The van der Waals surface area contributed by atoms with Gasteiger partial charge in [-0.1, -0.05) is 12.1 Å². The van der Waals surface area contributed by atoms with Crippen LogP contribution in [0.3, 0.4) is 0 Å². The third kappa shape index (κ3) is 5.59. The number of ether oxygens (including phenoxy) is 1. The number of carbonyl (C=O) groups is 1. The molecular weight excluding hydrogens is 347 g/mol. The Labute approximate surface area is 150 Å². The number of halogens is 3. The van der Waals surface area contributed by atoms with E-state index in [2.05, 4.69) is 15.2 Å². The minimum absolute atomic E-state index is 0.160. The zero-order chi connectivity index (χ0) is 19.3. The summed E-state index contributed by atoms with van der Waals surface area (Å²) in [5.74, 6) is -0.260. The summed E-state index contributed by atoms with van der Waals surface area (Å²) in [6.07, 6.45) is -2.44. The molecule has 5 nitrogen and oxygen atoms in total. The second kappa shape index (κ2) is 8.35. The van der Waals surface area contributed by atoms with Gasteiger partial charge in [0.05, 0.1) is 18.3 Å². The predicted octanol–water partition coefficient (Wildman–Crippen LogP) is 3.78. The third-order valence-electron chi connectivity index (χ3n) is 3.87. The molecule has 26 heavy (non-hydrogen) atoms. The van der Waals surface area contributed by atoms with Crippen LogP contribution in [-0.4, -0.2) is 28.5 Å². The lowest BCUT2D eigenvalue weighted by Crippen LogP contribution is -2.26. The van der Waals surface area contributed by atoms with E-state index in [1.54, 1.807) is 24.3 Å². The number of carbonyl (C=O) groups excluding carboxylic acids is 1. The fourth-order valence-corrected chi connectivity index (χ4v) is 2.52. The number of aromatic nitrogens is 2. The van der Waals surface area contributed by atoms with E-state index < -0.39 is 12.8 Å². The molecule has 1 N–H and O–H groups in total. The van der Waals surface area contributed by atoms with Crippen molar-refractivity contribution in [1.82, 2.24) is 15.1 Å². The van der Waals surface area contributed by atoms with E-state index in [9.17, 15) is 18.0 Å². The summed E-state index contributed by atoms with van der Waals surface area (Å²) in [5.41, 5.74) is 2.80. The number of nitrogens with zero attached hydrogens (tertiary/aromatic N) is 2. The van der Waals surface area contributed by atoms with Crippen molar-refractivity contribution in [1.29, 1.82) is 0 Å². The van der Waals surface area contributed by atoms with Crippen LogP contribution in [0.2, 0.25) is 0 Å². The summed E-state index contributed by atoms with van der Waals surface area (Å²) in [7, 11) is 0. The largest absolute Gasteiger partial charge is 0.411 e. The first-order chi connectivity index (χ1) is 12.2. The van der Waals surface area contributed by atoms with Gasteiger partial charge in [0, 0.05) is 23.9 Å². The van der Waals surface area contributed by atoms with Crippen LogP contribution in [0.25, 0.3) is 0 Å². The van der Waals surface area contributed by atoms with Crippen LogP contribution in [0.5, 0.6) is 0 Å². The highest BCUT2D eigenvalue weighted by Crippen LogP contribution is 2.18. The molecule has 1 atom stereocenters. The molecule has 0 unspecified atom stereocenters. The average molecular weight is 369 g/mol. The zero-order valence-electron chi connectivity index (χ0n) is 14.9. The summed E-state index contributed by atoms with van der Waals surface area (Å²) in [4.78, 5) is 12.4. The van der Waals surface area contributed by atoms with Crippen molar-refractivity contribution in [3.63, 3.8) is 0 Å². The van der Waals surface area contributed by atoms with Crippen molar-refractivity contribution in [2.24, 2.45) is 0 Å². The van der Waals surface area contributed by atoms with Gasteiger partial charge in [0.25, 0.3) is 5.91 Å². The van der Waals surface area contributed by atoms with Crippen molar-refractivity contribution in [3.8, 4) is 0 Å². The van der Waals surface area contributed by atoms with E-state index in [-0.39, 0.29) is 18.6 Å². The fraction of sp³-hybridized carbons (Fsp3) is 0.444. The Morgan fingerprint density at radius 2 is 1.96 bits per heavy atom. The monoisotopic (exact) mass is 369 g/mol. The van der Waals surface area contributed by atoms with Gasteiger partial charge in [-0.2, -0.15) is 18.3 Å². The normalized spacial score (nSPS) is 12.8. The second-order valence-corrected chi connectivity index (χ2v) is 6.03. The van der Waals surface area contributed by atoms with Crippen LogP contribution in [-0.2, 0) is 17.9 Å². The molecule has 2 rings (SSSR count). The number of hydrogen-bond donors (Lipinski definition) is 1. The number of hydrogen-bond acceptors (Lipinski definition) is 3. The number of benzene rings is 1. The highest BCUT2D eigenvalue weighted by atomic mass is 19.4. The smallest absolute Gasteiger partial charge is 0.367 e. The number of alkyl halides is 3. The lowest BCUT2D eigenvalue weighted by molar-refractivity contribution is -0.176. The zero-order valence-corrected chi connectivity index (χ0v) is 14.9. The minimum Gasteiger partial charge on any atom is -0.367 e. The minimum atomic E-state index is -4.35. The van der Waals surface area contributed by atoms with Gasteiger partial charge in [-0.3, -0.25) is 9.48 Å². The summed E-state index contributed by atoms with van der Waals surface area (Å²) in [6.45, 7) is 5.05. The number of rotatable bonds is 7. The van der Waals surface area contributed by atoms with Crippen LogP contribution < -0.4 is 5.32 Å². The molecule has 0 fully saturated rings. The molecule has 0 aliphatic carbocycles. The standard InChI is InChI=1S/C18H22F3N3O2/c1-4-24-9-16(13(3)23-24)12(2)22-17(25)15-7-5-14(6-8-15)10-26-11-18(19,20)21/h5-9,12H,4,10-11H2,1-3H3,(H,22,25)/t12-/m1/s1. The maximum Gasteiger partial charge on any atom is 0.411 e. The third-order valence-corrected chi connectivity index (χ3v) is 3.87. The highest BCUT2D eigenvalue weighted by molar-refractivity contribution is 5.94. The Morgan fingerprint density at radius 3 is 2.50 bits per heavy atom. The summed E-state index contributed by atoms with van der Waals surface area (Å²) in [5, 5.41) is 7.26. The maximum absolute atomic E-state index is 12.4. The topological polar surface area (TPSA) is 56.2 Å². The quantitative estimate of drug-likeness (QED) is 0.808. The van der Waals surface area contributed by atoms with Gasteiger partial charge in [0.2, 0.25) is 0 Å². The van der Waals surface area contributed by atoms with Gasteiger partial charge in [-0.05, 0) is 38.5 Å². The number of nitrogens with one attached hydrogen (secondary N) is 1. The summed E-state index contributed by atoms with van der Waals surface area (Å²) >= 11 is 0. The Balaban J connectivity index is 1.93. The second-order valence-electron chi connectivity index (χ2n) is 6.03. The lowest BCUT2D eigenvalue weighted by Gasteiger charge is -2.13. The molecule has 8 heteroatoms. The van der Waals surface area contributed by atoms with E-state index in [0.29, 0.717) is 11.1 Å². The first kappa shape index (κ1) is 20.0. The van der Waals surface area contributed by atoms with E-state index in [4.69, 9.17) is 0 Å². The Hall–Kier alpha value is -2.35. The van der Waals surface area contributed by atoms with Crippen LogP contribution >= 0.6 is 0 Å². The highest BCUT2D eigenvalue weighted by Gasteiger charge is 2.27. The first-order valence-electron chi connectivity index (χ1n) is 8.28. The summed E-state index contributed by atoms with van der Waals surface area (Å²) in [6, 6.07) is 6.08. The SMILES string of the molecule is CCn1cc([C@@H](C)NC(=O)c2ccc(COCC(F)(F)F)cc2)c(C)n1. The molecule has 0 bridgehead atoms. The molecule has 1 aromatic carbocycles. The lowest BCUT2D eigenvalue weighted by atomic mass is 10.1. The Morgan fingerprint density at radius 1 is 1.31 bits per heavy atom. The predicted molar refractivity (Wildman–Crippen MR) is 90.7 cm³/mol. The van der Waals surface area contributed by atoms with Crippen molar-refractivity contribution in [2.45, 2.75) is 46.1 Å². The van der Waals surface area contributed by atoms with E-state index in [1.165, 1.54) is 0 Å². The van der Waals surface area contributed by atoms with Crippen LogP contribution in [0.4, 0.5) is 13.2 Å². The molecule has 0 spiro atoms. The van der Waals surface area contributed by atoms with Crippen molar-refractivity contribution >= 4 is 5.91 Å². The van der Waals surface area contributed by atoms with E-state index >= 15 is 0 Å². The molecule has 0 aliphatic heterocycles. The molecule has 0 aliphatic rings. The van der Waals surface area contributed by atoms with Crippen LogP contribution in [0.15, 0.2) is 30.5 Å². The van der Waals surface area contributed by atoms with Gasteiger partial charge in [0.1, 0.15) is 6.61 Å². The van der Waals surface area contributed by atoms with Crippen LogP contribution in [0.1, 0.15) is 47.1 Å². The molecule has 0 saturated carbocycles. The van der Waals surface area contributed by atoms with Crippen molar-refractivity contribution in [3.05, 3.63) is 52.8 Å². The molecule has 1 amide bonds. The van der Waals surface area contributed by atoms with Crippen molar-refractivity contribution < 1.29 is 22.7 Å². The molecule has 2 aromatic rings. The summed E-state index contributed by atoms with van der Waals surface area (Å²) < 4.78 is 42.6. The fourth-order valence-electron chi connectivity index (χ4n) is 2.52. The number of amides is 1. The first-order valence-corrected chi connectivity index (χ1v) is 8.28. The van der Waals surface area contributed by atoms with Gasteiger partial charge in [0.15, 0.2) is 0 Å². The average Bonchev–Trinajstić information content (AvgIpc) is 2.95. The van der Waals surface area contributed by atoms with E-state index in [1.807, 2.05) is 31.6 Å². The van der Waals surface area contributed by atoms with E-state index in [0.717, 1.165) is 17.8 Å². The van der Waals surface area contributed by atoms with Gasteiger partial charge in [-0.15, -0.1) is 0 Å². The Kier molecular flexibility index (Phi) is 6.42. The Bertz CT molecular complexity index is 739. The van der Waals surface area contributed by atoms with Crippen LogP contribution in [0, 0.1) is 6.92 Å². The number of aryl methyl sites for hydroxylation is 2. The maximum atomic E-state index is 12.4. The van der Waals surface area contributed by atoms with Gasteiger partial charge < -0.3 is 10.1 Å². The molecule has 142 valence electrons. The molecule has 1 aromatic heterocycles. The molecule has 0 radical (unpaired) electrons. The van der Waals surface area contributed by atoms with Gasteiger partial charge >= 0.3 is 6.18 Å². The van der Waals surface area contributed by atoms with Gasteiger partial charge in [-0.25, -0.2) is 0 Å². The molecule has 0 saturated heterocycles. The molecular formula is C18H22F3N3O2. The van der Waals surface area contributed by atoms with Crippen molar-refractivity contribution in [2.75, 3.05) is 6.61 Å².